The molecular formula is C55H111NO8P+. The Kier molecular flexibility index (Phi) is 47.3. The molecule has 388 valence electrons. The van der Waals surface area contributed by atoms with Gasteiger partial charge in [0.2, 0.25) is 0 Å². The van der Waals surface area contributed by atoms with Gasteiger partial charge in [-0.15, -0.1) is 0 Å². The Hall–Kier alpha value is -0.990. The first kappa shape index (κ1) is 64.0. The van der Waals surface area contributed by atoms with Crippen molar-refractivity contribution in [2.45, 2.75) is 296 Å². The summed E-state index contributed by atoms with van der Waals surface area (Å²) in [6, 6.07) is 0. The lowest BCUT2D eigenvalue weighted by Crippen LogP contribution is -2.37. The fourth-order valence-electron chi connectivity index (χ4n) is 8.49. The van der Waals surface area contributed by atoms with Crippen molar-refractivity contribution in [3.63, 3.8) is 0 Å². The van der Waals surface area contributed by atoms with Crippen LogP contribution in [0.15, 0.2) is 0 Å². The van der Waals surface area contributed by atoms with Crippen molar-refractivity contribution in [1.82, 2.24) is 0 Å². The monoisotopic (exact) mass is 945 g/mol. The lowest BCUT2D eigenvalue weighted by molar-refractivity contribution is -0.870. The molecule has 0 aromatic rings. The number of rotatable bonds is 53. The Balaban J connectivity index is 4.05. The van der Waals surface area contributed by atoms with Crippen molar-refractivity contribution in [1.29, 1.82) is 0 Å². The summed E-state index contributed by atoms with van der Waals surface area (Å²) in [5.41, 5.74) is 0. The molecule has 2 unspecified atom stereocenters. The molecule has 9 nitrogen and oxygen atoms in total. The van der Waals surface area contributed by atoms with E-state index in [1.54, 1.807) is 0 Å². The highest BCUT2D eigenvalue weighted by Crippen LogP contribution is 2.43. The zero-order valence-corrected chi connectivity index (χ0v) is 44.9. The van der Waals surface area contributed by atoms with E-state index in [2.05, 4.69) is 13.8 Å². The number of likely N-dealkylation sites (N-methyl/N-ethyl adjacent to an activating group) is 1. The van der Waals surface area contributed by atoms with E-state index < -0.39 is 26.5 Å². The first-order valence-electron chi connectivity index (χ1n) is 28.3. The Labute approximate surface area is 404 Å². The highest BCUT2D eigenvalue weighted by Gasteiger charge is 2.27. The van der Waals surface area contributed by atoms with Crippen LogP contribution in [0.1, 0.15) is 290 Å². The summed E-state index contributed by atoms with van der Waals surface area (Å²) in [4.78, 5) is 35.6. The quantitative estimate of drug-likeness (QED) is 0.0278. The SMILES string of the molecule is CCCCCCCCCCCCCCCCCCCCCCCCCCCCCC(=O)OC(COC(=O)CCCCCCCCCCCCCCCC)COP(=O)(O)OCC[N+](C)(C)C. The summed E-state index contributed by atoms with van der Waals surface area (Å²) in [5.74, 6) is -0.776. The number of phosphoric ester groups is 1. The van der Waals surface area contributed by atoms with Gasteiger partial charge in [-0.3, -0.25) is 18.6 Å². The van der Waals surface area contributed by atoms with Crippen molar-refractivity contribution >= 4 is 19.8 Å². The largest absolute Gasteiger partial charge is 0.472 e. The van der Waals surface area contributed by atoms with Crippen LogP contribution in [-0.4, -0.2) is 74.9 Å². The number of carbonyl (C=O) groups is 2. The number of hydrogen-bond donors (Lipinski definition) is 1. The van der Waals surface area contributed by atoms with Crippen LogP contribution in [0, 0.1) is 0 Å². The van der Waals surface area contributed by atoms with Crippen LogP contribution < -0.4 is 0 Å². The van der Waals surface area contributed by atoms with Crippen molar-refractivity contribution in [3.05, 3.63) is 0 Å². The molecule has 65 heavy (non-hydrogen) atoms. The average molecular weight is 945 g/mol. The molecule has 0 fully saturated rings. The fourth-order valence-corrected chi connectivity index (χ4v) is 9.23. The Morgan fingerprint density at radius 1 is 0.415 bits per heavy atom. The molecule has 0 amide bonds. The van der Waals surface area contributed by atoms with E-state index in [0.717, 1.165) is 38.5 Å². The smallest absolute Gasteiger partial charge is 0.462 e. The summed E-state index contributed by atoms with van der Waals surface area (Å²) in [7, 11) is 1.50. The van der Waals surface area contributed by atoms with Crippen molar-refractivity contribution < 1.29 is 42.1 Å². The number of carbonyl (C=O) groups excluding carboxylic acids is 2. The molecule has 0 aliphatic rings. The summed E-state index contributed by atoms with van der Waals surface area (Å²) in [5, 5.41) is 0. The van der Waals surface area contributed by atoms with Gasteiger partial charge in [-0.25, -0.2) is 4.57 Å². The first-order valence-corrected chi connectivity index (χ1v) is 29.8. The highest BCUT2D eigenvalue weighted by molar-refractivity contribution is 7.47. The van der Waals surface area contributed by atoms with Gasteiger partial charge in [0.1, 0.15) is 19.8 Å². The Bertz CT molecular complexity index is 1070. The predicted octanol–water partition coefficient (Wildman–Crippen LogP) is 17.1. The molecule has 0 heterocycles. The van der Waals surface area contributed by atoms with Gasteiger partial charge in [0.15, 0.2) is 6.10 Å². The van der Waals surface area contributed by atoms with E-state index in [1.807, 2.05) is 21.1 Å². The van der Waals surface area contributed by atoms with Gasteiger partial charge >= 0.3 is 19.8 Å². The second-order valence-corrected chi connectivity index (χ2v) is 22.1. The van der Waals surface area contributed by atoms with E-state index >= 15 is 0 Å². The number of ether oxygens (including phenoxy) is 2. The third-order valence-corrected chi connectivity index (χ3v) is 13.9. The zero-order chi connectivity index (χ0) is 47.8. The van der Waals surface area contributed by atoms with Gasteiger partial charge in [-0.05, 0) is 12.8 Å². The molecule has 0 aromatic heterocycles. The maximum Gasteiger partial charge on any atom is 0.472 e. The van der Waals surface area contributed by atoms with Crippen molar-refractivity contribution in [2.24, 2.45) is 0 Å². The molecule has 0 bridgehead atoms. The third kappa shape index (κ3) is 52.2. The van der Waals surface area contributed by atoms with Crippen LogP contribution in [0.5, 0.6) is 0 Å². The Morgan fingerprint density at radius 3 is 0.985 bits per heavy atom. The number of phosphoric acid groups is 1. The highest BCUT2D eigenvalue weighted by atomic mass is 31.2. The van der Waals surface area contributed by atoms with E-state index in [4.69, 9.17) is 18.5 Å². The predicted molar refractivity (Wildman–Crippen MR) is 275 cm³/mol. The molecule has 0 aliphatic carbocycles. The van der Waals surface area contributed by atoms with Crippen LogP contribution >= 0.6 is 7.82 Å². The number of hydrogen-bond acceptors (Lipinski definition) is 7. The second kappa shape index (κ2) is 48.1. The van der Waals surface area contributed by atoms with E-state index in [0.29, 0.717) is 17.4 Å². The fraction of sp³-hybridized carbons (Fsp3) is 0.964. The molecule has 0 aliphatic heterocycles. The minimum atomic E-state index is -4.37. The lowest BCUT2D eigenvalue weighted by atomic mass is 10.0. The summed E-state index contributed by atoms with van der Waals surface area (Å²) in [6.07, 6.45) is 53.2. The van der Waals surface area contributed by atoms with Gasteiger partial charge in [0.05, 0.1) is 27.7 Å². The molecule has 2 atom stereocenters. The van der Waals surface area contributed by atoms with Gasteiger partial charge in [0.25, 0.3) is 0 Å². The van der Waals surface area contributed by atoms with Gasteiger partial charge < -0.3 is 18.9 Å². The summed E-state index contributed by atoms with van der Waals surface area (Å²) < 4.78 is 34.5. The Morgan fingerprint density at radius 2 is 0.692 bits per heavy atom. The standard InChI is InChI=1S/C55H110NO8P/c1-6-8-10-12-14-16-18-20-22-23-24-25-26-27-28-29-30-31-32-33-34-36-38-40-42-44-46-48-55(58)64-53(52-63-65(59,60)62-50-49-56(3,4)5)51-61-54(57)47-45-43-41-39-37-35-21-19-17-15-13-11-9-7-2/h53H,6-52H2,1-5H3/p+1. The van der Waals surface area contributed by atoms with Crippen LogP contribution in [-0.2, 0) is 32.7 Å². The summed E-state index contributed by atoms with van der Waals surface area (Å²) in [6.45, 7) is 4.49. The van der Waals surface area contributed by atoms with Gasteiger partial charge in [-0.2, -0.15) is 0 Å². The van der Waals surface area contributed by atoms with E-state index in [9.17, 15) is 19.0 Å². The number of unbranched alkanes of at least 4 members (excludes halogenated alkanes) is 39. The molecule has 10 heteroatoms. The van der Waals surface area contributed by atoms with Gasteiger partial charge in [-0.1, -0.05) is 264 Å². The van der Waals surface area contributed by atoms with E-state index in [-0.39, 0.29) is 25.6 Å². The second-order valence-electron chi connectivity index (χ2n) is 20.7. The van der Waals surface area contributed by atoms with Crippen LogP contribution in [0.3, 0.4) is 0 Å². The minimum Gasteiger partial charge on any atom is -0.462 e. The molecule has 0 radical (unpaired) electrons. The maximum absolute atomic E-state index is 12.8. The molecule has 0 saturated heterocycles. The van der Waals surface area contributed by atoms with E-state index in [1.165, 1.54) is 225 Å². The maximum atomic E-state index is 12.8. The first-order chi connectivity index (χ1) is 31.5. The number of quaternary nitrogens is 1. The van der Waals surface area contributed by atoms with Gasteiger partial charge in [0, 0.05) is 12.8 Å². The molecule has 0 saturated carbocycles. The molecule has 0 rings (SSSR count). The van der Waals surface area contributed by atoms with Crippen LogP contribution in [0.2, 0.25) is 0 Å². The molecular weight excluding hydrogens is 834 g/mol. The molecule has 0 spiro atoms. The number of nitrogens with zero attached hydrogens (tertiary/aromatic N) is 1. The van der Waals surface area contributed by atoms with Crippen molar-refractivity contribution in [2.75, 3.05) is 47.5 Å². The van der Waals surface area contributed by atoms with Crippen LogP contribution in [0.25, 0.3) is 0 Å². The minimum absolute atomic E-state index is 0.0372. The topological polar surface area (TPSA) is 108 Å². The average Bonchev–Trinajstić information content (AvgIpc) is 3.26. The van der Waals surface area contributed by atoms with Crippen molar-refractivity contribution in [3.8, 4) is 0 Å². The molecule has 1 N–H and O–H groups in total. The third-order valence-electron chi connectivity index (χ3n) is 12.9. The zero-order valence-electron chi connectivity index (χ0n) is 44.0. The number of esters is 2. The normalized spacial score (nSPS) is 13.3. The summed E-state index contributed by atoms with van der Waals surface area (Å²) >= 11 is 0. The lowest BCUT2D eigenvalue weighted by Gasteiger charge is -2.24. The van der Waals surface area contributed by atoms with Crippen LogP contribution in [0.4, 0.5) is 0 Å². The molecule has 0 aromatic carbocycles.